The van der Waals surface area contributed by atoms with Crippen LogP contribution in [0.3, 0.4) is 0 Å². The van der Waals surface area contributed by atoms with E-state index < -0.39 is 0 Å². The van der Waals surface area contributed by atoms with Gasteiger partial charge >= 0.3 is 0 Å². The summed E-state index contributed by atoms with van der Waals surface area (Å²) in [4.78, 5) is 4.92. The molecule has 0 N–H and O–H groups in total. The summed E-state index contributed by atoms with van der Waals surface area (Å²) < 4.78 is 11.5. The van der Waals surface area contributed by atoms with Gasteiger partial charge in [-0.1, -0.05) is 30.7 Å². The zero-order valence-electron chi connectivity index (χ0n) is 16.4. The molecule has 0 unspecified atom stereocenters. The molecule has 0 radical (unpaired) electrons. The van der Waals surface area contributed by atoms with Crippen molar-refractivity contribution in [1.29, 1.82) is 0 Å². The van der Waals surface area contributed by atoms with Crippen LogP contribution in [0.15, 0.2) is 82.2 Å². The van der Waals surface area contributed by atoms with Gasteiger partial charge in [0.25, 0.3) is 0 Å². The van der Waals surface area contributed by atoms with E-state index in [1.54, 1.807) is 7.11 Å². The summed E-state index contributed by atoms with van der Waals surface area (Å²) in [5, 5.41) is 1.91. The predicted octanol–water partition coefficient (Wildman–Crippen LogP) is 6.21. The lowest BCUT2D eigenvalue weighted by molar-refractivity contribution is 0.415. The van der Waals surface area contributed by atoms with Gasteiger partial charge in [0.2, 0.25) is 0 Å². The Labute approximate surface area is 165 Å². The number of benzene rings is 3. The quantitative estimate of drug-likeness (QED) is 0.428. The van der Waals surface area contributed by atoms with Gasteiger partial charge in [0.05, 0.1) is 18.2 Å². The van der Waals surface area contributed by atoms with Gasteiger partial charge in [0.1, 0.15) is 17.1 Å². The third-order valence-corrected chi connectivity index (χ3v) is 4.87. The summed E-state index contributed by atoms with van der Waals surface area (Å²) in [5.74, 6) is 1.60. The van der Waals surface area contributed by atoms with Gasteiger partial charge in [-0.3, -0.25) is 0 Å². The lowest BCUT2D eigenvalue weighted by Gasteiger charge is -2.07. The Bertz CT molecular complexity index is 1170. The van der Waals surface area contributed by atoms with E-state index in [1.807, 2.05) is 36.4 Å². The van der Waals surface area contributed by atoms with E-state index in [0.29, 0.717) is 0 Å². The van der Waals surface area contributed by atoms with Crippen molar-refractivity contribution in [3.63, 3.8) is 0 Å². The van der Waals surface area contributed by atoms with Gasteiger partial charge in [-0.25, -0.2) is 4.99 Å². The van der Waals surface area contributed by atoms with Crippen LogP contribution in [0, 0.1) is 6.92 Å². The van der Waals surface area contributed by atoms with Crippen molar-refractivity contribution in [3.05, 3.63) is 89.3 Å². The Kier molecular flexibility index (Phi) is 4.98. The molecule has 3 heteroatoms. The molecule has 0 fully saturated rings. The maximum Gasteiger partial charge on any atom is 0.136 e. The lowest BCUT2D eigenvalue weighted by atomic mass is 10.1. The molecule has 1 heterocycles. The van der Waals surface area contributed by atoms with E-state index in [-0.39, 0.29) is 0 Å². The highest BCUT2D eigenvalue weighted by atomic mass is 16.5. The van der Waals surface area contributed by atoms with Crippen molar-refractivity contribution in [3.8, 4) is 17.1 Å². The van der Waals surface area contributed by atoms with E-state index in [2.05, 4.69) is 50.2 Å². The standard InChI is InChI=1S/C25H23NO2/c1-4-18-6-10-20(11-7-18)26-23-16-25(19-8-12-21(27-3)13-9-19)28-24-14-5-17(2)15-22(23)24/h5-16H,4H2,1-3H3. The number of rotatable bonds is 4. The Morgan fingerprint density at radius 1 is 0.893 bits per heavy atom. The maximum atomic E-state index is 6.19. The van der Waals surface area contributed by atoms with Crippen LogP contribution in [-0.4, -0.2) is 7.11 Å². The van der Waals surface area contributed by atoms with E-state index >= 15 is 0 Å². The first-order chi connectivity index (χ1) is 13.7. The number of fused-ring (bicyclic) bond motifs is 1. The van der Waals surface area contributed by atoms with Gasteiger partial charge in [0.15, 0.2) is 0 Å². The van der Waals surface area contributed by atoms with Crippen LogP contribution in [0.4, 0.5) is 5.69 Å². The second-order valence-electron chi connectivity index (χ2n) is 6.86. The topological polar surface area (TPSA) is 34.7 Å². The van der Waals surface area contributed by atoms with Crippen molar-refractivity contribution in [2.45, 2.75) is 20.3 Å². The molecule has 140 valence electrons. The minimum absolute atomic E-state index is 0.780. The first kappa shape index (κ1) is 18.1. The average molecular weight is 369 g/mol. The largest absolute Gasteiger partial charge is 0.497 e. The smallest absolute Gasteiger partial charge is 0.136 e. The molecular formula is C25H23NO2. The van der Waals surface area contributed by atoms with Gasteiger partial charge in [-0.2, -0.15) is 0 Å². The first-order valence-electron chi connectivity index (χ1n) is 9.49. The number of ether oxygens (including phenoxy) is 1. The third kappa shape index (κ3) is 3.70. The third-order valence-electron chi connectivity index (χ3n) is 4.87. The van der Waals surface area contributed by atoms with Crippen molar-refractivity contribution < 1.29 is 9.15 Å². The normalized spacial score (nSPS) is 11.8. The monoisotopic (exact) mass is 369 g/mol. The summed E-state index contributed by atoms with van der Waals surface area (Å²) in [5.41, 5.74) is 5.23. The van der Waals surface area contributed by atoms with Gasteiger partial charge < -0.3 is 9.15 Å². The van der Waals surface area contributed by atoms with E-state index in [9.17, 15) is 0 Å². The molecule has 4 aromatic rings. The van der Waals surface area contributed by atoms with Crippen LogP contribution in [0.25, 0.3) is 22.3 Å². The van der Waals surface area contributed by atoms with E-state index in [0.717, 1.165) is 45.5 Å². The van der Waals surface area contributed by atoms with Crippen molar-refractivity contribution in [2.75, 3.05) is 7.11 Å². The summed E-state index contributed by atoms with van der Waals surface area (Å²) in [6.07, 6.45) is 1.02. The molecule has 0 saturated carbocycles. The van der Waals surface area contributed by atoms with Crippen LogP contribution in [0.2, 0.25) is 0 Å². The van der Waals surface area contributed by atoms with Gasteiger partial charge in [-0.15, -0.1) is 0 Å². The first-order valence-corrected chi connectivity index (χ1v) is 9.49. The van der Waals surface area contributed by atoms with Crippen LogP contribution in [-0.2, 0) is 6.42 Å². The van der Waals surface area contributed by atoms with Crippen molar-refractivity contribution in [1.82, 2.24) is 0 Å². The van der Waals surface area contributed by atoms with Crippen LogP contribution < -0.4 is 10.1 Å². The van der Waals surface area contributed by atoms with Crippen molar-refractivity contribution in [2.24, 2.45) is 4.99 Å². The molecule has 0 bridgehead atoms. The Hall–Kier alpha value is -3.33. The molecule has 0 aliphatic rings. The Morgan fingerprint density at radius 2 is 1.64 bits per heavy atom. The summed E-state index contributed by atoms with van der Waals surface area (Å²) >= 11 is 0. The molecule has 3 aromatic carbocycles. The van der Waals surface area contributed by atoms with Crippen LogP contribution >= 0.6 is 0 Å². The molecule has 0 amide bonds. The molecule has 1 aromatic heterocycles. The fraction of sp³-hybridized carbons (Fsp3) is 0.160. The number of hydrogen-bond donors (Lipinski definition) is 0. The number of hydrogen-bond acceptors (Lipinski definition) is 3. The molecular weight excluding hydrogens is 346 g/mol. The van der Waals surface area contributed by atoms with Crippen LogP contribution in [0.5, 0.6) is 5.75 Å². The molecule has 0 saturated heterocycles. The zero-order valence-corrected chi connectivity index (χ0v) is 16.4. The molecule has 0 atom stereocenters. The number of nitrogens with zero attached hydrogens (tertiary/aromatic N) is 1. The molecule has 0 aliphatic heterocycles. The van der Waals surface area contributed by atoms with Crippen LogP contribution in [0.1, 0.15) is 18.1 Å². The highest BCUT2D eigenvalue weighted by molar-refractivity contribution is 5.79. The molecule has 28 heavy (non-hydrogen) atoms. The summed E-state index contributed by atoms with van der Waals surface area (Å²) in [7, 11) is 1.67. The molecule has 0 aliphatic carbocycles. The zero-order chi connectivity index (χ0) is 19.5. The molecule has 4 rings (SSSR count). The van der Waals surface area contributed by atoms with E-state index in [4.69, 9.17) is 14.1 Å². The Balaban J connectivity index is 1.91. The van der Waals surface area contributed by atoms with Gasteiger partial charge in [-0.05, 0) is 67.4 Å². The summed E-state index contributed by atoms with van der Waals surface area (Å²) in [6, 6.07) is 24.5. The predicted molar refractivity (Wildman–Crippen MR) is 114 cm³/mol. The highest BCUT2D eigenvalue weighted by Crippen LogP contribution is 2.25. The van der Waals surface area contributed by atoms with Crippen molar-refractivity contribution >= 4 is 16.7 Å². The fourth-order valence-corrected chi connectivity index (χ4v) is 3.22. The lowest BCUT2D eigenvalue weighted by Crippen LogP contribution is -2.03. The molecule has 3 nitrogen and oxygen atoms in total. The van der Waals surface area contributed by atoms with E-state index in [1.165, 1.54) is 11.1 Å². The SMILES string of the molecule is CCc1ccc(N=c2cc(-c3ccc(OC)cc3)oc3ccc(C)cc23)cc1. The maximum absolute atomic E-state index is 6.19. The van der Waals surface area contributed by atoms with Gasteiger partial charge in [0, 0.05) is 17.0 Å². The number of methoxy groups -OCH3 is 1. The average Bonchev–Trinajstić information content (AvgIpc) is 2.74. The second-order valence-corrected chi connectivity index (χ2v) is 6.86. The summed E-state index contributed by atoms with van der Waals surface area (Å²) in [6.45, 7) is 4.24. The Morgan fingerprint density at radius 3 is 2.32 bits per heavy atom. The minimum Gasteiger partial charge on any atom is -0.497 e. The second kappa shape index (κ2) is 7.73. The fourth-order valence-electron chi connectivity index (χ4n) is 3.22. The number of aryl methyl sites for hydroxylation is 2. The molecule has 0 spiro atoms. The minimum atomic E-state index is 0.780. The highest BCUT2D eigenvalue weighted by Gasteiger charge is 2.07.